The highest BCUT2D eigenvalue weighted by molar-refractivity contribution is 5.80. The molecule has 0 atom stereocenters. The van der Waals surface area contributed by atoms with Crippen molar-refractivity contribution in [2.24, 2.45) is 0 Å². The average Bonchev–Trinajstić information content (AvgIpc) is 3.10. The first-order chi connectivity index (χ1) is 9.84. The Morgan fingerprint density at radius 3 is 3.05 bits per heavy atom. The number of aryl methyl sites for hydroxylation is 1. The highest BCUT2D eigenvalue weighted by Crippen LogP contribution is 2.39. The Labute approximate surface area is 116 Å². The van der Waals surface area contributed by atoms with E-state index >= 15 is 0 Å². The molecule has 5 heterocycles. The molecule has 2 aliphatic heterocycles. The van der Waals surface area contributed by atoms with Crippen molar-refractivity contribution < 1.29 is 0 Å². The van der Waals surface area contributed by atoms with Crippen LogP contribution in [0.4, 0.5) is 0 Å². The van der Waals surface area contributed by atoms with E-state index in [1.54, 1.807) is 0 Å². The highest BCUT2D eigenvalue weighted by Gasteiger charge is 2.45. The first-order valence-electron chi connectivity index (χ1n) is 7.07. The Morgan fingerprint density at radius 2 is 2.20 bits per heavy atom. The number of aromatic nitrogens is 4. The minimum atomic E-state index is 0.344. The maximum Gasteiger partial charge on any atom is 0.137 e. The van der Waals surface area contributed by atoms with E-state index in [0.29, 0.717) is 5.41 Å². The minimum Gasteiger partial charge on any atom is -0.346 e. The van der Waals surface area contributed by atoms with Crippen molar-refractivity contribution in [2.75, 3.05) is 13.1 Å². The molecule has 100 valence electrons. The van der Waals surface area contributed by atoms with Gasteiger partial charge in [0.2, 0.25) is 0 Å². The van der Waals surface area contributed by atoms with E-state index in [1.165, 1.54) is 12.1 Å². The van der Waals surface area contributed by atoms with Crippen molar-refractivity contribution in [3.63, 3.8) is 0 Å². The highest BCUT2D eigenvalue weighted by atomic mass is 15.3. The van der Waals surface area contributed by atoms with E-state index in [2.05, 4.69) is 32.1 Å². The van der Waals surface area contributed by atoms with Crippen LogP contribution in [0.2, 0.25) is 0 Å². The lowest BCUT2D eigenvalue weighted by molar-refractivity contribution is 0.276. The van der Waals surface area contributed by atoms with Crippen LogP contribution in [0.3, 0.4) is 0 Å². The molecule has 5 rings (SSSR count). The molecule has 1 fully saturated rings. The monoisotopic (exact) mass is 265 g/mol. The molecular weight excluding hydrogens is 250 g/mol. The molecule has 0 saturated carbocycles. The van der Waals surface area contributed by atoms with E-state index in [-0.39, 0.29) is 0 Å². The molecule has 2 N–H and O–H groups in total. The molecule has 0 aliphatic carbocycles. The molecule has 3 aromatic heterocycles. The summed E-state index contributed by atoms with van der Waals surface area (Å²) in [6, 6.07) is 6.46. The van der Waals surface area contributed by atoms with Gasteiger partial charge in [0.15, 0.2) is 0 Å². The lowest BCUT2D eigenvalue weighted by Crippen LogP contribution is -2.55. The van der Waals surface area contributed by atoms with Crippen molar-refractivity contribution in [1.82, 2.24) is 25.1 Å². The summed E-state index contributed by atoms with van der Waals surface area (Å²) in [5.74, 6) is 0. The van der Waals surface area contributed by atoms with Gasteiger partial charge in [-0.2, -0.15) is 5.10 Å². The topological polar surface area (TPSA) is 58.5 Å². The van der Waals surface area contributed by atoms with E-state index in [0.717, 1.165) is 41.9 Å². The number of fused-ring (bicyclic) bond motifs is 3. The van der Waals surface area contributed by atoms with Crippen LogP contribution in [0.1, 0.15) is 12.1 Å². The normalized spacial score (nSPS) is 19.4. The first kappa shape index (κ1) is 10.6. The summed E-state index contributed by atoms with van der Waals surface area (Å²) >= 11 is 0. The molecule has 20 heavy (non-hydrogen) atoms. The smallest absolute Gasteiger partial charge is 0.137 e. The van der Waals surface area contributed by atoms with Gasteiger partial charge in [-0.3, -0.25) is 4.68 Å². The van der Waals surface area contributed by atoms with Crippen LogP contribution < -0.4 is 5.32 Å². The van der Waals surface area contributed by atoms with Gasteiger partial charge in [0.05, 0.1) is 5.69 Å². The van der Waals surface area contributed by atoms with Crippen LogP contribution in [0.5, 0.6) is 0 Å². The number of hydrogen-bond donors (Lipinski definition) is 2. The maximum absolute atomic E-state index is 4.77. The van der Waals surface area contributed by atoms with Gasteiger partial charge in [-0.1, -0.05) is 0 Å². The second kappa shape index (κ2) is 3.49. The van der Waals surface area contributed by atoms with Gasteiger partial charge in [0.1, 0.15) is 5.65 Å². The van der Waals surface area contributed by atoms with Crippen LogP contribution in [0, 0.1) is 0 Å². The number of pyridine rings is 1. The molecule has 2 aliphatic rings. The summed E-state index contributed by atoms with van der Waals surface area (Å²) in [6.07, 6.45) is 5.05. The van der Waals surface area contributed by atoms with Gasteiger partial charge in [0.25, 0.3) is 0 Å². The fourth-order valence-corrected chi connectivity index (χ4v) is 3.47. The van der Waals surface area contributed by atoms with Crippen molar-refractivity contribution >= 4 is 11.0 Å². The molecule has 5 heteroatoms. The zero-order valence-electron chi connectivity index (χ0n) is 11.1. The van der Waals surface area contributed by atoms with Crippen molar-refractivity contribution in [3.05, 3.63) is 36.3 Å². The zero-order chi connectivity index (χ0) is 13.2. The lowest BCUT2D eigenvalue weighted by atomic mass is 9.77. The van der Waals surface area contributed by atoms with Gasteiger partial charge in [-0.25, -0.2) is 4.98 Å². The van der Waals surface area contributed by atoms with E-state index in [1.807, 2.05) is 18.5 Å². The third-order valence-electron chi connectivity index (χ3n) is 4.75. The third kappa shape index (κ3) is 1.25. The first-order valence-corrected chi connectivity index (χ1v) is 7.07. The van der Waals surface area contributed by atoms with Crippen molar-refractivity contribution in [2.45, 2.75) is 18.4 Å². The Bertz CT molecular complexity index is 809. The largest absolute Gasteiger partial charge is 0.346 e. The van der Waals surface area contributed by atoms with Crippen LogP contribution in [-0.2, 0) is 12.0 Å². The summed E-state index contributed by atoms with van der Waals surface area (Å²) in [6.45, 7) is 3.22. The SMILES string of the molecule is c1cc2cc(-c3cc4n(n3)CCC43CNC3)cnc2[nH]1. The molecule has 0 radical (unpaired) electrons. The van der Waals surface area contributed by atoms with Gasteiger partial charge in [-0.05, 0) is 24.6 Å². The van der Waals surface area contributed by atoms with Crippen LogP contribution in [-0.4, -0.2) is 32.8 Å². The maximum atomic E-state index is 4.77. The summed E-state index contributed by atoms with van der Waals surface area (Å²) in [5, 5.41) is 9.30. The number of nitrogens with one attached hydrogen (secondary N) is 2. The van der Waals surface area contributed by atoms with Crippen molar-refractivity contribution in [3.8, 4) is 11.3 Å². The Balaban J connectivity index is 1.63. The second-order valence-electron chi connectivity index (χ2n) is 5.91. The standard InChI is InChI=1S/C15H15N5/c1-3-17-14-10(1)5-11(7-18-14)12-6-13-15(8-16-9-15)2-4-20(13)19-12/h1,3,5-7,16H,2,4,8-9H2,(H,17,18). The number of nitrogens with zero attached hydrogens (tertiary/aromatic N) is 3. The fourth-order valence-electron chi connectivity index (χ4n) is 3.47. The molecule has 0 unspecified atom stereocenters. The van der Waals surface area contributed by atoms with E-state index in [4.69, 9.17) is 5.10 Å². The van der Waals surface area contributed by atoms with Crippen LogP contribution in [0.25, 0.3) is 22.3 Å². The summed E-state index contributed by atoms with van der Waals surface area (Å²) in [5.41, 5.74) is 4.81. The summed E-state index contributed by atoms with van der Waals surface area (Å²) in [4.78, 5) is 7.58. The Hall–Kier alpha value is -2.14. The molecule has 0 bridgehead atoms. The second-order valence-corrected chi connectivity index (χ2v) is 5.91. The van der Waals surface area contributed by atoms with Gasteiger partial charge in [-0.15, -0.1) is 0 Å². The third-order valence-corrected chi connectivity index (χ3v) is 4.75. The average molecular weight is 265 g/mol. The van der Waals surface area contributed by atoms with Crippen molar-refractivity contribution in [1.29, 1.82) is 0 Å². The fraction of sp³-hybridized carbons (Fsp3) is 0.333. The lowest BCUT2D eigenvalue weighted by Gasteiger charge is -2.38. The molecular formula is C15H15N5. The Morgan fingerprint density at radius 1 is 1.25 bits per heavy atom. The minimum absolute atomic E-state index is 0.344. The van der Waals surface area contributed by atoms with Gasteiger partial charge >= 0.3 is 0 Å². The van der Waals surface area contributed by atoms with Gasteiger partial charge < -0.3 is 10.3 Å². The van der Waals surface area contributed by atoms with Gasteiger partial charge in [0, 0.05) is 54.1 Å². The molecule has 3 aromatic rings. The molecule has 0 aromatic carbocycles. The zero-order valence-corrected chi connectivity index (χ0v) is 11.1. The molecule has 1 saturated heterocycles. The molecule has 1 spiro atoms. The number of aromatic amines is 1. The molecule has 0 amide bonds. The number of rotatable bonds is 1. The van der Waals surface area contributed by atoms with E-state index in [9.17, 15) is 0 Å². The van der Waals surface area contributed by atoms with E-state index < -0.39 is 0 Å². The van der Waals surface area contributed by atoms with Crippen LogP contribution in [0.15, 0.2) is 30.6 Å². The molecule has 5 nitrogen and oxygen atoms in total. The number of hydrogen-bond acceptors (Lipinski definition) is 3. The Kier molecular flexibility index (Phi) is 1.85. The summed E-state index contributed by atoms with van der Waals surface area (Å²) in [7, 11) is 0. The predicted octanol–water partition coefficient (Wildman–Crippen LogP) is 1.67. The quantitative estimate of drug-likeness (QED) is 0.703. The summed E-state index contributed by atoms with van der Waals surface area (Å²) < 4.78 is 2.18. The predicted molar refractivity (Wildman–Crippen MR) is 76.5 cm³/mol. The number of H-pyrrole nitrogens is 1. The van der Waals surface area contributed by atoms with Crippen LogP contribution >= 0.6 is 0 Å².